The van der Waals surface area contributed by atoms with Gasteiger partial charge in [0.25, 0.3) is 0 Å². The van der Waals surface area contributed by atoms with Gasteiger partial charge in [0, 0.05) is 122 Å². The molecule has 0 atom stereocenters. The van der Waals surface area contributed by atoms with E-state index in [-0.39, 0.29) is 0 Å². The van der Waals surface area contributed by atoms with E-state index >= 15 is 0 Å². The van der Waals surface area contributed by atoms with Crippen LogP contribution in [0.4, 0.5) is 0 Å². The van der Waals surface area contributed by atoms with Crippen molar-refractivity contribution in [2.45, 2.75) is 0 Å². The van der Waals surface area contributed by atoms with Gasteiger partial charge in [0.1, 0.15) is 22.3 Å². The van der Waals surface area contributed by atoms with Gasteiger partial charge in [0.2, 0.25) is 0 Å². The summed E-state index contributed by atoms with van der Waals surface area (Å²) in [4.78, 5) is 41.9. The largest absolute Gasteiger partial charge is 0.456 e. The molecule has 0 bridgehead atoms. The van der Waals surface area contributed by atoms with Crippen molar-refractivity contribution < 1.29 is 8.83 Å². The predicted molar refractivity (Wildman–Crippen MR) is 555 cm³/mol. The van der Waals surface area contributed by atoms with Crippen LogP contribution in [-0.4, -0.2) is 49.0 Å². The Morgan fingerprint density at radius 1 is 0.162 bits per heavy atom. The van der Waals surface area contributed by atoms with Crippen molar-refractivity contribution in [3.05, 3.63) is 473 Å². The van der Waals surface area contributed by atoms with E-state index < -0.39 is 0 Å². The van der Waals surface area contributed by atoms with Crippen LogP contribution in [0.3, 0.4) is 0 Å². The molecule has 0 aliphatic heterocycles. The summed E-state index contributed by atoms with van der Waals surface area (Å²) < 4.78 is 18.5. The molecular formula is C124H78N10O2. The van der Waals surface area contributed by atoms with Crippen molar-refractivity contribution >= 4 is 87.5 Å². The van der Waals surface area contributed by atoms with Crippen molar-refractivity contribution in [1.29, 1.82) is 0 Å². The Bertz CT molecular complexity index is 8820. The first kappa shape index (κ1) is 79.6. The standard InChI is InChI=1S/2C62H39N5O/c1-6-19-40(20-7-1)44-33-45(41-21-8-2-9-22-41)35-46(34-44)47-36-54(62-65-60(42-23-10-3-11-24-42)64-61(66-62)43-25-12-4-13-26-43)58(63-39-47)51-31-18-30-50-53-37-56-52(38-57(53)68-59(50)51)49-29-16-17-32-55(49)67(56)48-27-14-5-15-28-48;1-6-18-40(19-7-1)45-32-46(41-20-8-2-9-21-41)34-47(33-45)48-35-54(62-65-60(42-22-10-3-11-23-42)64-61(66-62)43-24-12-4-13-25-43)59(63-39-48)44-30-31-51-53-37-56-52(38-58(53)68-57(51)36-44)50-28-16-17-29-55(50)67(56)49-26-14-5-15-27-49/h2*1-39H. The van der Waals surface area contributed by atoms with E-state index in [9.17, 15) is 0 Å². The minimum absolute atomic E-state index is 0.506. The first-order valence-electron chi connectivity index (χ1n) is 45.6. The maximum Gasteiger partial charge on any atom is 0.166 e. The van der Waals surface area contributed by atoms with Crippen molar-refractivity contribution in [1.82, 2.24) is 49.0 Å². The number of pyridine rings is 2. The molecule has 18 aromatic carbocycles. The summed E-state index contributed by atoms with van der Waals surface area (Å²) in [6, 6.07) is 160. The van der Waals surface area contributed by atoms with Crippen LogP contribution >= 0.6 is 0 Å². The van der Waals surface area contributed by atoms with Gasteiger partial charge in [-0.2, -0.15) is 0 Å². The molecule has 0 amide bonds. The molecule has 8 heterocycles. The van der Waals surface area contributed by atoms with Crippen molar-refractivity contribution in [2.24, 2.45) is 0 Å². The van der Waals surface area contributed by atoms with Gasteiger partial charge < -0.3 is 18.0 Å². The van der Waals surface area contributed by atoms with Gasteiger partial charge in [0.05, 0.1) is 33.5 Å². The topological polar surface area (TPSA) is 139 Å². The van der Waals surface area contributed by atoms with Crippen LogP contribution in [0.1, 0.15) is 0 Å². The molecule has 0 radical (unpaired) electrons. The van der Waals surface area contributed by atoms with Crippen LogP contribution in [0.15, 0.2) is 482 Å². The van der Waals surface area contributed by atoms with Gasteiger partial charge >= 0.3 is 0 Å². The lowest BCUT2D eigenvalue weighted by molar-refractivity contribution is 0.669. The third-order valence-electron chi connectivity index (χ3n) is 25.7. The Morgan fingerprint density at radius 2 is 0.471 bits per heavy atom. The highest BCUT2D eigenvalue weighted by Gasteiger charge is 2.27. The van der Waals surface area contributed by atoms with Crippen LogP contribution < -0.4 is 0 Å². The lowest BCUT2D eigenvalue weighted by atomic mass is 9.92. The lowest BCUT2D eigenvalue weighted by Crippen LogP contribution is -2.02. The summed E-state index contributed by atoms with van der Waals surface area (Å²) in [6.07, 6.45) is 3.94. The SMILES string of the molecule is c1ccc(-c2cc(-c3ccccc3)cc(-c3cnc(-c4ccc5c(c4)oc4cc6c7ccccc7n(-c7ccccc7)c6cc45)c(-c4nc(-c5ccccc5)nc(-c5ccccc5)n4)c3)c2)cc1.c1ccc(-c2cc(-c3ccccc3)cc(-c3cnc(-c4cccc5c4oc4cc6c7ccccc7n(-c7ccccc7)c6cc45)c(-c4nc(-c5ccccc5)nc(-c5ccccc5)n4)c3)c2)cc1. The predicted octanol–water partition coefficient (Wildman–Crippen LogP) is 31.9. The molecule has 26 aromatic rings. The van der Waals surface area contributed by atoms with Crippen molar-refractivity contribution in [3.8, 4) is 169 Å². The van der Waals surface area contributed by atoms with Crippen molar-refractivity contribution in [2.75, 3.05) is 0 Å². The molecule has 26 rings (SSSR count). The molecule has 0 saturated heterocycles. The molecule has 0 unspecified atom stereocenters. The third kappa shape index (κ3) is 14.7. The Kier molecular flexibility index (Phi) is 20.0. The van der Waals surface area contributed by atoms with Crippen molar-refractivity contribution in [3.63, 3.8) is 0 Å². The van der Waals surface area contributed by atoms with E-state index in [1.54, 1.807) is 0 Å². The fourth-order valence-electron chi connectivity index (χ4n) is 19.2. The van der Waals surface area contributed by atoms with E-state index in [1.807, 2.05) is 134 Å². The summed E-state index contributed by atoms with van der Waals surface area (Å²) in [7, 11) is 0. The lowest BCUT2D eigenvalue weighted by Gasteiger charge is -2.15. The van der Waals surface area contributed by atoms with Crippen LogP contribution in [0.5, 0.6) is 0 Å². The second kappa shape index (κ2) is 34.1. The number of hydrogen-bond donors (Lipinski definition) is 0. The zero-order chi connectivity index (χ0) is 89.9. The van der Waals surface area contributed by atoms with Gasteiger partial charge in [-0.25, -0.2) is 29.9 Å². The van der Waals surface area contributed by atoms with Gasteiger partial charge in [-0.1, -0.05) is 334 Å². The highest BCUT2D eigenvalue weighted by atomic mass is 16.3. The monoisotopic (exact) mass is 1740 g/mol. The summed E-state index contributed by atoms with van der Waals surface area (Å²) in [5.41, 5.74) is 31.0. The zero-order valence-corrected chi connectivity index (χ0v) is 73.3. The molecule has 136 heavy (non-hydrogen) atoms. The normalized spacial score (nSPS) is 11.5. The first-order chi connectivity index (χ1) is 67.4. The van der Waals surface area contributed by atoms with Gasteiger partial charge in [-0.15, -0.1) is 0 Å². The fraction of sp³-hybridized carbons (Fsp3) is 0. The Hall–Kier alpha value is -18.5. The van der Waals surface area contributed by atoms with E-state index in [0.717, 1.165) is 205 Å². The van der Waals surface area contributed by atoms with Crippen LogP contribution in [0.25, 0.3) is 256 Å². The second-order valence-electron chi connectivity index (χ2n) is 34.1. The quantitative estimate of drug-likeness (QED) is 0.0918. The van der Waals surface area contributed by atoms with Gasteiger partial charge in [0.15, 0.2) is 34.9 Å². The maximum absolute atomic E-state index is 7.03. The molecule has 0 spiro atoms. The Labute approximate surface area is 782 Å². The number of fused-ring (bicyclic) bond motifs is 12. The summed E-state index contributed by atoms with van der Waals surface area (Å²) in [6.45, 7) is 0. The molecule has 0 aliphatic rings. The van der Waals surface area contributed by atoms with Crippen LogP contribution in [0, 0.1) is 0 Å². The Balaban J connectivity index is 0.000000145. The fourth-order valence-corrected chi connectivity index (χ4v) is 19.2. The van der Waals surface area contributed by atoms with Crippen LogP contribution in [0.2, 0.25) is 0 Å². The highest BCUT2D eigenvalue weighted by Crippen LogP contribution is 2.48. The minimum atomic E-state index is 0.506. The second-order valence-corrected chi connectivity index (χ2v) is 34.1. The number of para-hydroxylation sites is 5. The number of rotatable bonds is 16. The highest BCUT2D eigenvalue weighted by molar-refractivity contribution is 6.20. The number of hydrogen-bond acceptors (Lipinski definition) is 10. The molecule has 636 valence electrons. The first-order valence-corrected chi connectivity index (χ1v) is 45.6. The molecule has 0 aliphatic carbocycles. The van der Waals surface area contributed by atoms with E-state index in [2.05, 4.69) is 349 Å². The van der Waals surface area contributed by atoms with Gasteiger partial charge in [-0.05, 0) is 183 Å². The average Bonchev–Trinajstić information content (AvgIpc) is 1.57. The minimum Gasteiger partial charge on any atom is -0.456 e. The molecule has 12 nitrogen and oxygen atoms in total. The molecule has 0 saturated carbocycles. The Morgan fingerprint density at radius 3 is 0.868 bits per heavy atom. The summed E-state index contributed by atoms with van der Waals surface area (Å²) in [5, 5.41) is 8.70. The van der Waals surface area contributed by atoms with E-state index in [1.165, 1.54) is 10.8 Å². The number of nitrogens with zero attached hydrogens (tertiary/aromatic N) is 10. The molecule has 12 heteroatoms. The van der Waals surface area contributed by atoms with E-state index in [4.69, 9.17) is 48.7 Å². The van der Waals surface area contributed by atoms with E-state index in [0.29, 0.717) is 40.6 Å². The molecule has 0 fully saturated rings. The molecule has 0 N–H and O–H groups in total. The average molecular weight is 1740 g/mol. The third-order valence-corrected chi connectivity index (χ3v) is 25.7. The summed E-state index contributed by atoms with van der Waals surface area (Å²) in [5.74, 6) is 3.33. The smallest absolute Gasteiger partial charge is 0.166 e. The number of aromatic nitrogens is 10. The zero-order valence-electron chi connectivity index (χ0n) is 73.3. The number of benzene rings is 18. The van der Waals surface area contributed by atoms with Gasteiger partial charge in [-0.3, -0.25) is 9.97 Å². The maximum atomic E-state index is 7.03. The molecule has 8 aromatic heterocycles. The van der Waals surface area contributed by atoms with Crippen LogP contribution in [-0.2, 0) is 0 Å². The summed E-state index contributed by atoms with van der Waals surface area (Å²) >= 11 is 0. The molecular weight excluding hydrogens is 1660 g/mol. The number of furan rings is 2.